The van der Waals surface area contributed by atoms with Gasteiger partial charge in [0.05, 0.1) is 17.1 Å². The van der Waals surface area contributed by atoms with Crippen LogP contribution in [0.3, 0.4) is 0 Å². The third-order valence-corrected chi connectivity index (χ3v) is 4.33. The largest absolute Gasteiger partial charge is 0.342 e. The van der Waals surface area contributed by atoms with E-state index in [0.717, 1.165) is 35.7 Å². The molecule has 0 unspecified atom stereocenters. The van der Waals surface area contributed by atoms with Gasteiger partial charge in [-0.3, -0.25) is 4.79 Å². The van der Waals surface area contributed by atoms with Gasteiger partial charge < -0.3 is 10.3 Å². The van der Waals surface area contributed by atoms with E-state index in [4.69, 9.17) is 0 Å². The number of fused-ring (bicyclic) bond motifs is 1. The number of halogens is 2. The van der Waals surface area contributed by atoms with Gasteiger partial charge in [0.15, 0.2) is 0 Å². The SMILES string of the molecule is CC[C@@H](C)[C@H](NC(=O)c1cc(F)cc(F)c1)c1nc2ccccc2[nH]1. The molecule has 0 bridgehead atoms. The Hall–Kier alpha value is -2.76. The van der Waals surface area contributed by atoms with Gasteiger partial charge in [0.25, 0.3) is 5.91 Å². The van der Waals surface area contributed by atoms with Crippen molar-refractivity contribution in [3.63, 3.8) is 0 Å². The maximum Gasteiger partial charge on any atom is 0.252 e. The van der Waals surface area contributed by atoms with Crippen LogP contribution in [0.5, 0.6) is 0 Å². The summed E-state index contributed by atoms with van der Waals surface area (Å²) < 4.78 is 26.7. The lowest BCUT2D eigenvalue weighted by molar-refractivity contribution is 0.0919. The van der Waals surface area contributed by atoms with Gasteiger partial charge in [0.2, 0.25) is 0 Å². The van der Waals surface area contributed by atoms with Gasteiger partial charge in [0.1, 0.15) is 17.5 Å². The molecule has 3 aromatic rings. The summed E-state index contributed by atoms with van der Waals surface area (Å²) in [5.41, 5.74) is 1.62. The highest BCUT2D eigenvalue weighted by molar-refractivity contribution is 5.94. The smallest absolute Gasteiger partial charge is 0.252 e. The molecular formula is C19H19F2N3O. The van der Waals surface area contributed by atoms with Crippen LogP contribution < -0.4 is 5.32 Å². The van der Waals surface area contributed by atoms with E-state index >= 15 is 0 Å². The van der Waals surface area contributed by atoms with Crippen LogP contribution in [0.4, 0.5) is 8.78 Å². The number of aromatic amines is 1. The number of hydrogen-bond donors (Lipinski definition) is 2. The van der Waals surface area contributed by atoms with E-state index < -0.39 is 23.6 Å². The molecule has 0 spiro atoms. The Morgan fingerprint density at radius 1 is 1.20 bits per heavy atom. The third-order valence-electron chi connectivity index (χ3n) is 4.33. The zero-order valence-corrected chi connectivity index (χ0v) is 14.0. The normalized spacial score (nSPS) is 13.6. The Morgan fingerprint density at radius 3 is 2.52 bits per heavy atom. The highest BCUT2D eigenvalue weighted by atomic mass is 19.1. The Kier molecular flexibility index (Phi) is 4.79. The highest BCUT2D eigenvalue weighted by Gasteiger charge is 2.24. The lowest BCUT2D eigenvalue weighted by Crippen LogP contribution is -2.33. The molecule has 1 heterocycles. The maximum atomic E-state index is 13.4. The van der Waals surface area contributed by atoms with Gasteiger partial charge in [-0.1, -0.05) is 32.4 Å². The topological polar surface area (TPSA) is 57.8 Å². The van der Waals surface area contributed by atoms with Crippen LogP contribution in [0.1, 0.15) is 42.5 Å². The quantitative estimate of drug-likeness (QED) is 0.723. The van der Waals surface area contributed by atoms with Gasteiger partial charge in [0, 0.05) is 11.6 Å². The van der Waals surface area contributed by atoms with Gasteiger partial charge >= 0.3 is 0 Å². The fourth-order valence-electron chi connectivity index (χ4n) is 2.75. The van der Waals surface area contributed by atoms with Crippen molar-refractivity contribution in [2.45, 2.75) is 26.3 Å². The number of rotatable bonds is 5. The van der Waals surface area contributed by atoms with Crippen molar-refractivity contribution in [3.8, 4) is 0 Å². The number of carbonyl (C=O) groups excluding carboxylic acids is 1. The molecule has 1 amide bonds. The summed E-state index contributed by atoms with van der Waals surface area (Å²) in [6.45, 7) is 4.00. The Bertz CT molecular complexity index is 853. The molecule has 0 saturated carbocycles. The molecule has 130 valence electrons. The first-order valence-corrected chi connectivity index (χ1v) is 8.19. The molecule has 2 N–H and O–H groups in total. The number of H-pyrrole nitrogens is 1. The molecule has 0 saturated heterocycles. The van der Waals surface area contributed by atoms with E-state index in [1.807, 2.05) is 38.1 Å². The second-order valence-corrected chi connectivity index (χ2v) is 6.13. The van der Waals surface area contributed by atoms with Crippen LogP contribution in [-0.2, 0) is 0 Å². The Labute approximate surface area is 144 Å². The van der Waals surface area contributed by atoms with Crippen molar-refractivity contribution in [1.82, 2.24) is 15.3 Å². The van der Waals surface area contributed by atoms with Crippen LogP contribution in [0, 0.1) is 17.6 Å². The molecule has 0 aliphatic heterocycles. The van der Waals surface area contributed by atoms with Crippen LogP contribution >= 0.6 is 0 Å². The van der Waals surface area contributed by atoms with Crippen LogP contribution in [-0.4, -0.2) is 15.9 Å². The average molecular weight is 343 g/mol. The van der Waals surface area contributed by atoms with Crippen LogP contribution in [0.15, 0.2) is 42.5 Å². The van der Waals surface area contributed by atoms with Gasteiger partial charge in [-0.25, -0.2) is 13.8 Å². The molecule has 2 aromatic carbocycles. The molecule has 25 heavy (non-hydrogen) atoms. The first-order valence-electron chi connectivity index (χ1n) is 8.19. The highest BCUT2D eigenvalue weighted by Crippen LogP contribution is 2.25. The van der Waals surface area contributed by atoms with Crippen LogP contribution in [0.2, 0.25) is 0 Å². The number of benzene rings is 2. The molecule has 0 fully saturated rings. The van der Waals surface area contributed by atoms with E-state index in [1.54, 1.807) is 0 Å². The van der Waals surface area contributed by atoms with E-state index in [-0.39, 0.29) is 11.5 Å². The van der Waals surface area contributed by atoms with Crippen molar-refractivity contribution in [3.05, 3.63) is 65.5 Å². The number of carbonyl (C=O) groups is 1. The van der Waals surface area contributed by atoms with Crippen molar-refractivity contribution in [2.24, 2.45) is 5.92 Å². The van der Waals surface area contributed by atoms with Crippen molar-refractivity contribution >= 4 is 16.9 Å². The zero-order valence-electron chi connectivity index (χ0n) is 14.0. The third kappa shape index (κ3) is 3.68. The number of nitrogens with zero attached hydrogens (tertiary/aromatic N) is 1. The first-order chi connectivity index (χ1) is 12.0. The van der Waals surface area contributed by atoms with Gasteiger partial charge in [-0.2, -0.15) is 0 Å². The molecule has 6 heteroatoms. The summed E-state index contributed by atoms with van der Waals surface area (Å²) in [5.74, 6) is -1.39. The van der Waals surface area contributed by atoms with Crippen molar-refractivity contribution in [1.29, 1.82) is 0 Å². The van der Waals surface area contributed by atoms with Crippen molar-refractivity contribution in [2.75, 3.05) is 0 Å². The standard InChI is InChI=1S/C19H19F2N3O/c1-3-11(2)17(18-22-15-6-4-5-7-16(15)23-18)24-19(25)12-8-13(20)10-14(21)9-12/h4-11,17H,3H2,1-2H3,(H,22,23)(H,24,25)/t11-,17+/m1/s1. The predicted octanol–water partition coefficient (Wildman–Crippen LogP) is 4.36. The summed E-state index contributed by atoms with van der Waals surface area (Å²) in [6.07, 6.45) is 0.805. The number of aromatic nitrogens is 2. The number of hydrogen-bond acceptors (Lipinski definition) is 2. The number of amides is 1. The second-order valence-electron chi connectivity index (χ2n) is 6.13. The van der Waals surface area contributed by atoms with Gasteiger partial charge in [-0.15, -0.1) is 0 Å². The fraction of sp³-hybridized carbons (Fsp3) is 0.263. The fourth-order valence-corrected chi connectivity index (χ4v) is 2.75. The minimum absolute atomic E-state index is 0.0538. The van der Waals surface area contributed by atoms with E-state index in [0.29, 0.717) is 5.82 Å². The second kappa shape index (κ2) is 7.01. The molecule has 1 aromatic heterocycles. The van der Waals surface area contributed by atoms with E-state index in [1.165, 1.54) is 0 Å². The molecule has 0 aliphatic rings. The zero-order chi connectivity index (χ0) is 18.0. The van der Waals surface area contributed by atoms with E-state index in [9.17, 15) is 13.6 Å². The molecule has 0 radical (unpaired) electrons. The number of nitrogens with one attached hydrogen (secondary N) is 2. The summed E-state index contributed by atoms with van der Waals surface area (Å²) in [7, 11) is 0. The van der Waals surface area contributed by atoms with Gasteiger partial charge in [-0.05, 0) is 30.2 Å². The summed E-state index contributed by atoms with van der Waals surface area (Å²) in [5, 5.41) is 2.85. The Balaban J connectivity index is 1.92. The lowest BCUT2D eigenvalue weighted by atomic mass is 9.98. The number of para-hydroxylation sites is 2. The maximum absolute atomic E-state index is 13.4. The average Bonchev–Trinajstić information content (AvgIpc) is 3.01. The summed E-state index contributed by atoms with van der Waals surface area (Å²) in [6, 6.07) is 9.96. The van der Waals surface area contributed by atoms with Crippen LogP contribution in [0.25, 0.3) is 11.0 Å². The summed E-state index contributed by atoms with van der Waals surface area (Å²) >= 11 is 0. The first kappa shape index (κ1) is 17.1. The summed E-state index contributed by atoms with van der Waals surface area (Å²) in [4.78, 5) is 20.2. The molecule has 2 atom stereocenters. The predicted molar refractivity (Wildman–Crippen MR) is 92.1 cm³/mol. The van der Waals surface area contributed by atoms with E-state index in [2.05, 4.69) is 15.3 Å². The molecule has 4 nitrogen and oxygen atoms in total. The van der Waals surface area contributed by atoms with Crippen molar-refractivity contribution < 1.29 is 13.6 Å². The minimum atomic E-state index is -0.783. The monoisotopic (exact) mass is 343 g/mol. The molecule has 0 aliphatic carbocycles. The lowest BCUT2D eigenvalue weighted by Gasteiger charge is -2.22. The molecule has 3 rings (SSSR count). The Morgan fingerprint density at radius 2 is 1.88 bits per heavy atom. The minimum Gasteiger partial charge on any atom is -0.342 e. The molecular weight excluding hydrogens is 324 g/mol. The number of imidazole rings is 1.